The Kier molecular flexibility index (Phi) is 7.29. The van der Waals surface area contributed by atoms with E-state index < -0.39 is 0 Å². The number of amides is 2. The lowest BCUT2D eigenvalue weighted by Crippen LogP contribution is -3.15. The molecule has 29 heavy (non-hydrogen) atoms. The average molecular weight is 423 g/mol. The second kappa shape index (κ2) is 9.71. The van der Waals surface area contributed by atoms with E-state index in [-0.39, 0.29) is 23.1 Å². The highest BCUT2D eigenvalue weighted by atomic mass is 32.2. The maximum absolute atomic E-state index is 12.6. The summed E-state index contributed by atoms with van der Waals surface area (Å²) < 4.78 is 10.9. The Balaban J connectivity index is 1.62. The summed E-state index contributed by atoms with van der Waals surface area (Å²) in [5.74, 6) is 2.47. The number of carbonyl (C=O) groups excluding carboxylic acids is 2. The molecule has 0 spiro atoms. The van der Waals surface area contributed by atoms with Crippen LogP contribution >= 0.6 is 11.8 Å². The van der Waals surface area contributed by atoms with Crippen molar-refractivity contribution in [1.82, 2.24) is 9.80 Å². The van der Waals surface area contributed by atoms with Gasteiger partial charge < -0.3 is 24.2 Å². The predicted octanol–water partition coefficient (Wildman–Crippen LogP) is 0.661. The van der Waals surface area contributed by atoms with Crippen LogP contribution in [-0.2, 0) is 9.59 Å². The first-order chi connectivity index (χ1) is 13.9. The van der Waals surface area contributed by atoms with Crippen molar-refractivity contribution >= 4 is 23.6 Å². The summed E-state index contributed by atoms with van der Waals surface area (Å²) in [6, 6.07) is 5.73. The fraction of sp³-hybridized carbons (Fsp3) is 0.619. The molecule has 1 aromatic carbocycles. The topological polar surface area (TPSA) is 63.5 Å². The summed E-state index contributed by atoms with van der Waals surface area (Å²) in [6.45, 7) is 8.94. The van der Waals surface area contributed by atoms with Crippen LogP contribution in [0.3, 0.4) is 0 Å². The molecule has 2 heterocycles. The molecule has 2 aliphatic heterocycles. The van der Waals surface area contributed by atoms with Crippen molar-refractivity contribution in [3.8, 4) is 11.5 Å². The van der Waals surface area contributed by atoms with Gasteiger partial charge in [-0.05, 0) is 18.2 Å². The lowest BCUT2D eigenvalue weighted by Gasteiger charge is -2.34. The largest absolute Gasteiger partial charge is 0.497 e. The summed E-state index contributed by atoms with van der Waals surface area (Å²) in [5.41, 5.74) is 0.977. The van der Waals surface area contributed by atoms with Gasteiger partial charge in [0, 0.05) is 11.5 Å². The first kappa shape index (κ1) is 21.8. The van der Waals surface area contributed by atoms with Crippen LogP contribution in [0.15, 0.2) is 18.2 Å². The molecule has 3 rings (SSSR count). The number of nitrogens with one attached hydrogen (secondary N) is 1. The fourth-order valence-corrected chi connectivity index (χ4v) is 5.16. The molecule has 0 saturated carbocycles. The lowest BCUT2D eigenvalue weighted by atomic mass is 10.1. The maximum Gasteiger partial charge on any atom is 0.234 e. The van der Waals surface area contributed by atoms with Gasteiger partial charge in [-0.3, -0.25) is 9.59 Å². The summed E-state index contributed by atoms with van der Waals surface area (Å²) >= 11 is 1.63. The number of thioether (sulfide) groups is 1. The molecule has 2 amide bonds. The highest BCUT2D eigenvalue weighted by Crippen LogP contribution is 2.43. The predicted molar refractivity (Wildman–Crippen MR) is 113 cm³/mol. The van der Waals surface area contributed by atoms with Gasteiger partial charge in [0.05, 0.1) is 59.2 Å². The standard InChI is InChI=1S/C21H31N3O4S/c1-15(2)20(26)23-10-7-22(8-11-23)9-12-24-19(25)14-29-21(24)17-13-16(27-3)5-6-18(17)28-4/h5-6,13,15,21H,7-12,14H2,1-4H3/p+1/t21-/m0/s1. The van der Waals surface area contributed by atoms with E-state index in [9.17, 15) is 9.59 Å². The van der Waals surface area contributed by atoms with Crippen LogP contribution in [0, 0.1) is 5.92 Å². The number of methoxy groups -OCH3 is 2. The number of hydrogen-bond acceptors (Lipinski definition) is 5. The van der Waals surface area contributed by atoms with Crippen LogP contribution in [-0.4, -0.2) is 80.9 Å². The third-order valence-corrected chi connectivity index (χ3v) is 6.89. The van der Waals surface area contributed by atoms with E-state index in [1.807, 2.05) is 41.8 Å². The Labute approximate surface area is 177 Å². The van der Waals surface area contributed by atoms with Gasteiger partial charge in [-0.1, -0.05) is 13.8 Å². The summed E-state index contributed by atoms with van der Waals surface area (Å²) in [7, 11) is 3.29. The SMILES string of the molecule is COc1ccc(OC)c([C@@H]2SCC(=O)N2CC[NH+]2CCN(C(=O)C(C)C)CC2)c1. The van der Waals surface area contributed by atoms with Crippen LogP contribution in [0.5, 0.6) is 11.5 Å². The van der Waals surface area contributed by atoms with E-state index in [1.165, 1.54) is 4.90 Å². The van der Waals surface area contributed by atoms with Crippen molar-refractivity contribution in [3.63, 3.8) is 0 Å². The zero-order valence-corrected chi connectivity index (χ0v) is 18.6. The molecule has 160 valence electrons. The van der Waals surface area contributed by atoms with Gasteiger partial charge >= 0.3 is 0 Å². The van der Waals surface area contributed by atoms with Crippen LogP contribution < -0.4 is 14.4 Å². The molecule has 0 aromatic heterocycles. The minimum Gasteiger partial charge on any atom is -0.497 e. The lowest BCUT2D eigenvalue weighted by molar-refractivity contribution is -0.903. The van der Waals surface area contributed by atoms with Crippen LogP contribution in [0.2, 0.25) is 0 Å². The minimum atomic E-state index is -0.0595. The summed E-state index contributed by atoms with van der Waals surface area (Å²) in [4.78, 5) is 30.1. The molecule has 2 aliphatic rings. The molecule has 2 saturated heterocycles. The van der Waals surface area contributed by atoms with Gasteiger partial charge in [-0.15, -0.1) is 11.8 Å². The molecule has 1 aromatic rings. The third-order valence-electron chi connectivity index (χ3n) is 5.65. The van der Waals surface area contributed by atoms with E-state index in [0.717, 1.165) is 49.8 Å². The number of hydrogen-bond donors (Lipinski definition) is 1. The third kappa shape index (κ3) is 4.98. The molecule has 0 bridgehead atoms. The van der Waals surface area contributed by atoms with E-state index >= 15 is 0 Å². The Bertz CT molecular complexity index is 735. The van der Waals surface area contributed by atoms with E-state index in [1.54, 1.807) is 26.0 Å². The molecule has 0 radical (unpaired) electrons. The normalized spacial score (nSPS) is 20.4. The number of rotatable bonds is 7. The van der Waals surface area contributed by atoms with E-state index in [4.69, 9.17) is 9.47 Å². The molecule has 0 aliphatic carbocycles. The highest BCUT2D eigenvalue weighted by molar-refractivity contribution is 8.00. The average Bonchev–Trinajstić information content (AvgIpc) is 3.11. The van der Waals surface area contributed by atoms with Crippen molar-refractivity contribution in [2.75, 3.05) is 59.2 Å². The first-order valence-corrected chi connectivity index (χ1v) is 11.2. The number of ether oxygens (including phenoxy) is 2. The molecular weight excluding hydrogens is 390 g/mol. The van der Waals surface area contributed by atoms with Crippen molar-refractivity contribution in [2.24, 2.45) is 5.92 Å². The monoisotopic (exact) mass is 422 g/mol. The number of benzene rings is 1. The molecule has 2 fully saturated rings. The zero-order valence-electron chi connectivity index (χ0n) is 17.8. The summed E-state index contributed by atoms with van der Waals surface area (Å²) in [5, 5.41) is -0.0595. The first-order valence-electron chi connectivity index (χ1n) is 10.2. The quantitative estimate of drug-likeness (QED) is 0.700. The van der Waals surface area contributed by atoms with Gasteiger partial charge in [0.25, 0.3) is 0 Å². The fourth-order valence-electron chi connectivity index (χ4n) is 3.92. The van der Waals surface area contributed by atoms with Gasteiger partial charge in [-0.25, -0.2) is 0 Å². The van der Waals surface area contributed by atoms with Crippen molar-refractivity contribution in [3.05, 3.63) is 23.8 Å². The Morgan fingerprint density at radius 2 is 1.97 bits per heavy atom. The van der Waals surface area contributed by atoms with Gasteiger partial charge in [0.1, 0.15) is 16.9 Å². The summed E-state index contributed by atoms with van der Waals surface area (Å²) in [6.07, 6.45) is 0. The molecule has 7 nitrogen and oxygen atoms in total. The van der Waals surface area contributed by atoms with Crippen molar-refractivity contribution < 1.29 is 24.0 Å². The van der Waals surface area contributed by atoms with Crippen LogP contribution in [0.4, 0.5) is 0 Å². The second-order valence-corrected chi connectivity index (χ2v) is 8.91. The Morgan fingerprint density at radius 1 is 1.24 bits per heavy atom. The van der Waals surface area contributed by atoms with E-state index in [2.05, 4.69) is 0 Å². The minimum absolute atomic E-state index is 0.0504. The van der Waals surface area contributed by atoms with E-state index in [0.29, 0.717) is 12.3 Å². The van der Waals surface area contributed by atoms with Crippen molar-refractivity contribution in [2.45, 2.75) is 19.2 Å². The van der Waals surface area contributed by atoms with Gasteiger partial charge in [0.15, 0.2) is 0 Å². The highest BCUT2D eigenvalue weighted by Gasteiger charge is 2.36. The number of nitrogens with zero attached hydrogens (tertiary/aromatic N) is 2. The zero-order chi connectivity index (χ0) is 21.0. The van der Waals surface area contributed by atoms with Crippen LogP contribution in [0.1, 0.15) is 24.8 Å². The second-order valence-electron chi connectivity index (χ2n) is 7.84. The number of piperazine rings is 1. The molecule has 0 unspecified atom stereocenters. The molecule has 1 N–H and O–H groups in total. The van der Waals surface area contributed by atoms with Crippen LogP contribution in [0.25, 0.3) is 0 Å². The van der Waals surface area contributed by atoms with Gasteiger partial charge in [0.2, 0.25) is 11.8 Å². The number of quaternary nitrogens is 1. The molecule has 8 heteroatoms. The molecular formula is C21H32N3O4S+. The van der Waals surface area contributed by atoms with Gasteiger partial charge in [-0.2, -0.15) is 0 Å². The Hall–Kier alpha value is -1.93. The number of carbonyl (C=O) groups is 2. The van der Waals surface area contributed by atoms with Crippen molar-refractivity contribution in [1.29, 1.82) is 0 Å². The maximum atomic E-state index is 12.6. The smallest absolute Gasteiger partial charge is 0.234 e. The Morgan fingerprint density at radius 3 is 2.59 bits per heavy atom. The molecule has 1 atom stereocenters.